The number of methoxy groups -OCH3 is 1. The van der Waals surface area contributed by atoms with Crippen molar-refractivity contribution in [3.63, 3.8) is 0 Å². The van der Waals surface area contributed by atoms with Gasteiger partial charge in [0.1, 0.15) is 12.0 Å². The van der Waals surface area contributed by atoms with Crippen molar-refractivity contribution in [1.82, 2.24) is 9.97 Å². The van der Waals surface area contributed by atoms with Crippen molar-refractivity contribution in [2.45, 2.75) is 19.4 Å². The fourth-order valence-electron chi connectivity index (χ4n) is 1.51. The van der Waals surface area contributed by atoms with E-state index in [1.165, 1.54) is 6.33 Å². The van der Waals surface area contributed by atoms with Crippen molar-refractivity contribution >= 4 is 11.5 Å². The van der Waals surface area contributed by atoms with Gasteiger partial charge in [-0.3, -0.25) is 0 Å². The monoisotopic (exact) mass is 194 g/mol. The first-order chi connectivity index (χ1) is 6.85. The molecule has 1 aliphatic rings. The molecular weight excluding hydrogens is 180 g/mol. The lowest BCUT2D eigenvalue weighted by Gasteiger charge is -2.26. The van der Waals surface area contributed by atoms with Crippen LogP contribution in [0.25, 0.3) is 0 Å². The Bertz CT molecular complexity index is 329. The quantitative estimate of drug-likeness (QED) is 0.738. The zero-order chi connectivity index (χ0) is 9.97. The molecule has 0 radical (unpaired) electrons. The Morgan fingerprint density at radius 1 is 1.57 bits per heavy atom. The molecule has 76 valence electrons. The van der Waals surface area contributed by atoms with E-state index in [1.807, 2.05) is 0 Å². The second-order valence-electron chi connectivity index (χ2n) is 3.24. The number of hydrogen-bond donors (Lipinski definition) is 2. The normalized spacial score (nSPS) is 19.1. The van der Waals surface area contributed by atoms with Crippen LogP contribution in [0.5, 0.6) is 5.88 Å². The molecule has 2 N–H and O–H groups in total. The van der Waals surface area contributed by atoms with Crippen LogP contribution in [0, 0.1) is 0 Å². The highest BCUT2D eigenvalue weighted by atomic mass is 16.5. The molecule has 0 bridgehead atoms. The summed E-state index contributed by atoms with van der Waals surface area (Å²) >= 11 is 0. The number of nitrogens with zero attached hydrogens (tertiary/aromatic N) is 2. The first kappa shape index (κ1) is 9.05. The SMILES string of the molecule is CCC1CNc2c(ncnc2OC)N1. The van der Waals surface area contributed by atoms with Crippen LogP contribution in [0.3, 0.4) is 0 Å². The molecule has 1 aromatic rings. The maximum atomic E-state index is 5.13. The second-order valence-corrected chi connectivity index (χ2v) is 3.24. The third-order valence-electron chi connectivity index (χ3n) is 2.36. The average molecular weight is 194 g/mol. The highest BCUT2D eigenvalue weighted by Gasteiger charge is 2.20. The minimum atomic E-state index is 0.433. The molecule has 1 aliphatic heterocycles. The molecule has 14 heavy (non-hydrogen) atoms. The van der Waals surface area contributed by atoms with Crippen molar-refractivity contribution in [2.75, 3.05) is 24.3 Å². The minimum Gasteiger partial charge on any atom is -0.479 e. The Hall–Kier alpha value is -1.52. The third-order valence-corrected chi connectivity index (χ3v) is 2.36. The first-order valence-corrected chi connectivity index (χ1v) is 4.74. The first-order valence-electron chi connectivity index (χ1n) is 4.74. The van der Waals surface area contributed by atoms with E-state index in [1.54, 1.807) is 7.11 Å². The molecule has 5 heteroatoms. The molecular formula is C9H14N4O. The Balaban J connectivity index is 2.30. The molecule has 0 saturated carbocycles. The largest absolute Gasteiger partial charge is 0.479 e. The molecule has 2 rings (SSSR count). The summed E-state index contributed by atoms with van der Waals surface area (Å²) in [6.07, 6.45) is 2.57. The smallest absolute Gasteiger partial charge is 0.242 e. The lowest BCUT2D eigenvalue weighted by molar-refractivity contribution is 0.398. The van der Waals surface area contributed by atoms with Gasteiger partial charge in [0.25, 0.3) is 0 Å². The Morgan fingerprint density at radius 2 is 2.43 bits per heavy atom. The van der Waals surface area contributed by atoms with Gasteiger partial charge in [0, 0.05) is 12.6 Å². The van der Waals surface area contributed by atoms with Crippen molar-refractivity contribution in [3.05, 3.63) is 6.33 Å². The fraction of sp³-hybridized carbons (Fsp3) is 0.556. The summed E-state index contributed by atoms with van der Waals surface area (Å²) in [7, 11) is 1.61. The number of rotatable bonds is 2. The predicted molar refractivity (Wildman–Crippen MR) is 54.8 cm³/mol. The van der Waals surface area contributed by atoms with Gasteiger partial charge in [-0.05, 0) is 6.42 Å². The predicted octanol–water partition coefficient (Wildman–Crippen LogP) is 1.10. The summed E-state index contributed by atoms with van der Waals surface area (Å²) in [6.45, 7) is 3.02. The summed E-state index contributed by atoms with van der Waals surface area (Å²) in [5.41, 5.74) is 0.861. The van der Waals surface area contributed by atoms with Gasteiger partial charge in [-0.1, -0.05) is 6.92 Å². The molecule has 5 nitrogen and oxygen atoms in total. The van der Waals surface area contributed by atoms with Gasteiger partial charge in [0.2, 0.25) is 5.88 Å². The fourth-order valence-corrected chi connectivity index (χ4v) is 1.51. The maximum absolute atomic E-state index is 5.13. The van der Waals surface area contributed by atoms with E-state index >= 15 is 0 Å². The number of fused-ring (bicyclic) bond motifs is 1. The zero-order valence-electron chi connectivity index (χ0n) is 8.37. The molecule has 0 aromatic carbocycles. The summed E-state index contributed by atoms with van der Waals surface area (Å²) in [5.74, 6) is 1.42. The molecule has 0 fully saturated rings. The molecule has 1 unspecified atom stereocenters. The number of nitrogens with one attached hydrogen (secondary N) is 2. The lowest BCUT2D eigenvalue weighted by atomic mass is 10.2. The van der Waals surface area contributed by atoms with Crippen LogP contribution in [0.4, 0.5) is 11.5 Å². The van der Waals surface area contributed by atoms with Crippen molar-refractivity contribution in [2.24, 2.45) is 0 Å². The molecule has 2 heterocycles. The molecule has 1 aromatic heterocycles. The molecule has 1 atom stereocenters. The summed E-state index contributed by atoms with van der Waals surface area (Å²) < 4.78 is 5.13. The summed E-state index contributed by atoms with van der Waals surface area (Å²) in [5, 5.41) is 6.60. The van der Waals surface area contributed by atoms with Gasteiger partial charge in [0.15, 0.2) is 5.82 Å². The van der Waals surface area contributed by atoms with Gasteiger partial charge in [-0.25, -0.2) is 4.98 Å². The van der Waals surface area contributed by atoms with E-state index in [9.17, 15) is 0 Å². The Kier molecular flexibility index (Phi) is 2.39. The van der Waals surface area contributed by atoms with Crippen molar-refractivity contribution < 1.29 is 4.74 Å². The van der Waals surface area contributed by atoms with Gasteiger partial charge in [-0.2, -0.15) is 4.98 Å². The van der Waals surface area contributed by atoms with Crippen LogP contribution in [-0.4, -0.2) is 29.7 Å². The van der Waals surface area contributed by atoms with Crippen molar-refractivity contribution in [1.29, 1.82) is 0 Å². The van der Waals surface area contributed by atoms with E-state index in [0.29, 0.717) is 11.9 Å². The maximum Gasteiger partial charge on any atom is 0.242 e. The number of aromatic nitrogens is 2. The minimum absolute atomic E-state index is 0.433. The van der Waals surface area contributed by atoms with E-state index < -0.39 is 0 Å². The van der Waals surface area contributed by atoms with E-state index in [4.69, 9.17) is 4.74 Å². The van der Waals surface area contributed by atoms with Crippen LogP contribution in [0.15, 0.2) is 6.33 Å². The van der Waals surface area contributed by atoms with Gasteiger partial charge >= 0.3 is 0 Å². The highest BCUT2D eigenvalue weighted by Crippen LogP contribution is 2.31. The van der Waals surface area contributed by atoms with E-state index in [2.05, 4.69) is 27.5 Å². The summed E-state index contributed by atoms with van der Waals surface area (Å²) in [6, 6.07) is 0.433. The van der Waals surface area contributed by atoms with Crippen LogP contribution in [0.2, 0.25) is 0 Å². The summed E-state index contributed by atoms with van der Waals surface area (Å²) in [4.78, 5) is 8.19. The molecule has 0 amide bonds. The third kappa shape index (κ3) is 1.45. The number of hydrogen-bond acceptors (Lipinski definition) is 5. The zero-order valence-corrected chi connectivity index (χ0v) is 8.37. The van der Waals surface area contributed by atoms with Crippen LogP contribution in [0.1, 0.15) is 13.3 Å². The van der Waals surface area contributed by atoms with Gasteiger partial charge in [-0.15, -0.1) is 0 Å². The number of ether oxygens (including phenoxy) is 1. The molecule has 0 saturated heterocycles. The molecule has 0 aliphatic carbocycles. The van der Waals surface area contributed by atoms with Crippen LogP contribution >= 0.6 is 0 Å². The van der Waals surface area contributed by atoms with Crippen LogP contribution in [-0.2, 0) is 0 Å². The van der Waals surface area contributed by atoms with Crippen LogP contribution < -0.4 is 15.4 Å². The lowest BCUT2D eigenvalue weighted by Crippen LogP contribution is -2.33. The highest BCUT2D eigenvalue weighted by molar-refractivity contribution is 5.71. The standard InChI is InChI=1S/C9H14N4O/c1-3-6-4-10-7-8(13-6)11-5-12-9(7)14-2/h5-6,10H,3-4H2,1-2H3,(H,11,12,13). The topological polar surface area (TPSA) is 59.1 Å². The van der Waals surface area contributed by atoms with Gasteiger partial charge in [0.05, 0.1) is 7.11 Å². The Morgan fingerprint density at radius 3 is 3.14 bits per heavy atom. The van der Waals surface area contributed by atoms with E-state index in [-0.39, 0.29) is 0 Å². The molecule has 0 spiro atoms. The average Bonchev–Trinajstić information content (AvgIpc) is 2.27. The Labute approximate surface area is 82.9 Å². The second kappa shape index (κ2) is 3.69. The van der Waals surface area contributed by atoms with E-state index in [0.717, 1.165) is 24.5 Å². The van der Waals surface area contributed by atoms with Gasteiger partial charge < -0.3 is 15.4 Å². The number of anilines is 2. The van der Waals surface area contributed by atoms with Crippen molar-refractivity contribution in [3.8, 4) is 5.88 Å².